The number of nitrogens with one attached hydrogen (secondary N) is 1. The van der Waals surface area contributed by atoms with Crippen LogP contribution in [0, 0.1) is 6.92 Å². The Kier molecular flexibility index (Phi) is 7.20. The van der Waals surface area contributed by atoms with Crippen molar-refractivity contribution in [2.24, 2.45) is 0 Å². The molecule has 3 heteroatoms. The number of rotatable bonds is 8. The van der Waals surface area contributed by atoms with Gasteiger partial charge in [-0.2, -0.15) is 0 Å². The van der Waals surface area contributed by atoms with Gasteiger partial charge in [-0.3, -0.25) is 0 Å². The van der Waals surface area contributed by atoms with Crippen LogP contribution in [0.15, 0.2) is 24.3 Å². The molecule has 114 valence electrons. The van der Waals surface area contributed by atoms with Crippen LogP contribution < -0.4 is 5.32 Å². The molecule has 0 aliphatic carbocycles. The van der Waals surface area contributed by atoms with E-state index >= 15 is 0 Å². The summed E-state index contributed by atoms with van der Waals surface area (Å²) in [4.78, 5) is 0. The van der Waals surface area contributed by atoms with Gasteiger partial charge >= 0.3 is 0 Å². The van der Waals surface area contributed by atoms with Gasteiger partial charge in [0, 0.05) is 32.4 Å². The van der Waals surface area contributed by atoms with Gasteiger partial charge in [-0.1, -0.05) is 29.8 Å². The predicted molar refractivity (Wildman–Crippen MR) is 84.1 cm³/mol. The average molecular weight is 279 g/mol. The Morgan fingerprint density at radius 3 is 2.30 bits per heavy atom. The molecule has 0 spiro atoms. The second-order valence-electron chi connectivity index (χ2n) is 6.25. The fraction of sp³-hybridized carbons (Fsp3) is 0.647. The molecule has 0 bridgehead atoms. The van der Waals surface area contributed by atoms with E-state index in [1.807, 2.05) is 0 Å². The highest BCUT2D eigenvalue weighted by atomic mass is 16.5. The largest absolute Gasteiger partial charge is 0.385 e. The van der Waals surface area contributed by atoms with Crippen molar-refractivity contribution in [2.75, 3.05) is 26.9 Å². The lowest BCUT2D eigenvalue weighted by atomic mass is 10.0. The highest BCUT2D eigenvalue weighted by molar-refractivity contribution is 5.23. The Balaban J connectivity index is 2.60. The van der Waals surface area contributed by atoms with E-state index in [1.165, 1.54) is 11.1 Å². The lowest BCUT2D eigenvalue weighted by Crippen LogP contribution is -2.39. The number of benzene rings is 1. The lowest BCUT2D eigenvalue weighted by Gasteiger charge is -2.26. The molecule has 1 aromatic carbocycles. The van der Waals surface area contributed by atoms with E-state index in [1.54, 1.807) is 7.11 Å². The van der Waals surface area contributed by atoms with E-state index < -0.39 is 0 Å². The predicted octanol–water partition coefficient (Wildman–Crippen LogP) is 3.48. The van der Waals surface area contributed by atoms with E-state index in [4.69, 9.17) is 9.47 Å². The highest BCUT2D eigenvalue weighted by Gasteiger charge is 2.16. The van der Waals surface area contributed by atoms with Crippen molar-refractivity contribution in [2.45, 2.75) is 45.8 Å². The van der Waals surface area contributed by atoms with Crippen molar-refractivity contribution in [3.63, 3.8) is 0 Å². The Labute approximate surface area is 123 Å². The van der Waals surface area contributed by atoms with Crippen LogP contribution in [0.4, 0.5) is 0 Å². The first-order valence-corrected chi connectivity index (χ1v) is 7.34. The molecular formula is C17H29NO2. The molecule has 1 rings (SSSR count). The summed E-state index contributed by atoms with van der Waals surface area (Å²) in [5, 5.41) is 3.52. The van der Waals surface area contributed by atoms with E-state index in [0.29, 0.717) is 0 Å². The number of methoxy groups -OCH3 is 1. The summed E-state index contributed by atoms with van der Waals surface area (Å²) in [6.45, 7) is 10.9. The lowest BCUT2D eigenvalue weighted by molar-refractivity contribution is 0.0353. The van der Waals surface area contributed by atoms with Crippen molar-refractivity contribution < 1.29 is 9.47 Å². The number of aryl methyl sites for hydroxylation is 1. The van der Waals surface area contributed by atoms with E-state index in [2.05, 4.69) is 57.3 Å². The first-order valence-electron chi connectivity index (χ1n) is 7.34. The first kappa shape index (κ1) is 17.2. The van der Waals surface area contributed by atoms with Crippen LogP contribution >= 0.6 is 0 Å². The Bertz CT molecular complexity index is 368. The van der Waals surface area contributed by atoms with Crippen molar-refractivity contribution in [3.05, 3.63) is 35.4 Å². The second-order valence-corrected chi connectivity index (χ2v) is 6.25. The van der Waals surface area contributed by atoms with Gasteiger partial charge in [0.25, 0.3) is 0 Å². The molecule has 3 nitrogen and oxygen atoms in total. The summed E-state index contributed by atoms with van der Waals surface area (Å²) in [5.41, 5.74) is 2.60. The molecule has 0 fully saturated rings. The maximum atomic E-state index is 6.02. The minimum Gasteiger partial charge on any atom is -0.385 e. The molecule has 1 N–H and O–H groups in total. The summed E-state index contributed by atoms with van der Waals surface area (Å²) < 4.78 is 11.1. The van der Waals surface area contributed by atoms with Gasteiger partial charge in [-0.05, 0) is 39.7 Å². The summed E-state index contributed by atoms with van der Waals surface area (Å²) in [6, 6.07) is 8.58. The number of hydrogen-bond acceptors (Lipinski definition) is 3. The third kappa shape index (κ3) is 7.04. The van der Waals surface area contributed by atoms with Crippen molar-refractivity contribution >= 4 is 0 Å². The van der Waals surface area contributed by atoms with Gasteiger partial charge in [0.2, 0.25) is 0 Å². The molecule has 0 aliphatic heterocycles. The Morgan fingerprint density at radius 1 is 1.10 bits per heavy atom. The third-order valence-corrected chi connectivity index (χ3v) is 3.08. The smallest absolute Gasteiger partial charge is 0.0949 e. The highest BCUT2D eigenvalue weighted by Crippen LogP contribution is 2.18. The first-order chi connectivity index (χ1) is 9.42. The standard InChI is InChI=1S/C17H29NO2/c1-14-7-9-15(10-8-14)16(13-18-17(2,3)4)20-12-6-11-19-5/h7-10,16,18H,6,11-13H2,1-5H3. The van der Waals surface area contributed by atoms with E-state index in [0.717, 1.165) is 26.2 Å². The Hall–Kier alpha value is -0.900. The van der Waals surface area contributed by atoms with Gasteiger partial charge in [-0.25, -0.2) is 0 Å². The molecule has 0 saturated heterocycles. The molecule has 0 saturated carbocycles. The maximum Gasteiger partial charge on any atom is 0.0949 e. The number of ether oxygens (including phenoxy) is 2. The van der Waals surface area contributed by atoms with Crippen LogP contribution in [-0.2, 0) is 9.47 Å². The minimum atomic E-state index is 0.0895. The van der Waals surface area contributed by atoms with Crippen LogP contribution in [0.25, 0.3) is 0 Å². The van der Waals surface area contributed by atoms with Crippen LogP contribution in [0.5, 0.6) is 0 Å². The molecular weight excluding hydrogens is 250 g/mol. The second kappa shape index (κ2) is 8.40. The molecule has 1 atom stereocenters. The summed E-state index contributed by atoms with van der Waals surface area (Å²) in [6.07, 6.45) is 1.01. The SMILES string of the molecule is COCCCOC(CNC(C)(C)C)c1ccc(C)cc1. The van der Waals surface area contributed by atoms with E-state index in [9.17, 15) is 0 Å². The molecule has 1 unspecified atom stereocenters. The Morgan fingerprint density at radius 2 is 1.75 bits per heavy atom. The summed E-state index contributed by atoms with van der Waals surface area (Å²) in [5.74, 6) is 0. The fourth-order valence-corrected chi connectivity index (χ4v) is 1.88. The average Bonchev–Trinajstić information content (AvgIpc) is 2.38. The molecule has 0 aliphatic rings. The topological polar surface area (TPSA) is 30.5 Å². The molecule has 0 heterocycles. The van der Waals surface area contributed by atoms with Crippen LogP contribution in [0.2, 0.25) is 0 Å². The zero-order valence-electron chi connectivity index (χ0n) is 13.5. The zero-order chi connectivity index (χ0) is 15.0. The quantitative estimate of drug-likeness (QED) is 0.739. The van der Waals surface area contributed by atoms with Gasteiger partial charge in [0.15, 0.2) is 0 Å². The van der Waals surface area contributed by atoms with Crippen molar-refractivity contribution in [1.29, 1.82) is 0 Å². The van der Waals surface area contributed by atoms with Gasteiger partial charge < -0.3 is 14.8 Å². The van der Waals surface area contributed by atoms with E-state index in [-0.39, 0.29) is 11.6 Å². The monoisotopic (exact) mass is 279 g/mol. The van der Waals surface area contributed by atoms with Crippen LogP contribution in [0.1, 0.15) is 44.4 Å². The molecule has 1 aromatic rings. The third-order valence-electron chi connectivity index (χ3n) is 3.08. The maximum absolute atomic E-state index is 6.02. The molecule has 0 radical (unpaired) electrons. The number of hydrogen-bond donors (Lipinski definition) is 1. The van der Waals surface area contributed by atoms with Crippen molar-refractivity contribution in [3.8, 4) is 0 Å². The van der Waals surface area contributed by atoms with Crippen LogP contribution in [0.3, 0.4) is 0 Å². The fourth-order valence-electron chi connectivity index (χ4n) is 1.88. The molecule has 20 heavy (non-hydrogen) atoms. The van der Waals surface area contributed by atoms with Gasteiger partial charge in [-0.15, -0.1) is 0 Å². The normalized spacial score (nSPS) is 13.4. The summed E-state index contributed by atoms with van der Waals surface area (Å²) >= 11 is 0. The zero-order valence-corrected chi connectivity index (χ0v) is 13.5. The van der Waals surface area contributed by atoms with Crippen molar-refractivity contribution in [1.82, 2.24) is 5.32 Å². The minimum absolute atomic E-state index is 0.0895. The van der Waals surface area contributed by atoms with Gasteiger partial charge in [0.1, 0.15) is 0 Å². The summed E-state index contributed by atoms with van der Waals surface area (Å²) in [7, 11) is 1.72. The van der Waals surface area contributed by atoms with Gasteiger partial charge in [0.05, 0.1) is 6.10 Å². The van der Waals surface area contributed by atoms with Crippen LogP contribution in [-0.4, -0.2) is 32.4 Å². The molecule has 0 aromatic heterocycles. The molecule has 0 amide bonds.